The van der Waals surface area contributed by atoms with E-state index in [4.69, 9.17) is 4.74 Å². The van der Waals surface area contributed by atoms with Crippen LogP contribution in [0.5, 0.6) is 0 Å². The van der Waals surface area contributed by atoms with Crippen LogP contribution in [0.15, 0.2) is 30.3 Å². The fraction of sp³-hybridized carbons (Fsp3) is 0.526. The lowest BCUT2D eigenvalue weighted by atomic mass is 9.76. The third-order valence-corrected chi connectivity index (χ3v) is 5.76. The molecule has 118 valence electrons. The van der Waals surface area contributed by atoms with Gasteiger partial charge in [0, 0.05) is 6.08 Å². The van der Waals surface area contributed by atoms with Crippen molar-refractivity contribution in [1.82, 2.24) is 0 Å². The Bertz CT molecular complexity index is 561. The highest BCUT2D eigenvalue weighted by atomic mass is 19.1. The average Bonchev–Trinajstić information content (AvgIpc) is 3.05. The van der Waals surface area contributed by atoms with Gasteiger partial charge in [-0.3, -0.25) is 0 Å². The first-order chi connectivity index (χ1) is 10.5. The second-order valence-electron chi connectivity index (χ2n) is 6.89. The molecular weight excluding hydrogens is 279 g/mol. The van der Waals surface area contributed by atoms with Gasteiger partial charge in [0.15, 0.2) is 0 Å². The van der Waals surface area contributed by atoms with Crippen molar-refractivity contribution in [3.63, 3.8) is 0 Å². The molecule has 0 aromatic heterocycles. The normalized spacial score (nSPS) is 33.5. The van der Waals surface area contributed by atoms with Crippen LogP contribution in [0.3, 0.4) is 0 Å². The largest absolute Gasteiger partial charge is 0.462 e. The molecule has 2 saturated carbocycles. The van der Waals surface area contributed by atoms with Crippen LogP contribution < -0.4 is 0 Å². The molecule has 1 aromatic carbocycles. The minimum absolute atomic E-state index is 0.278. The van der Waals surface area contributed by atoms with Crippen molar-refractivity contribution in [1.29, 1.82) is 0 Å². The number of hydrogen-bond acceptors (Lipinski definition) is 2. The van der Waals surface area contributed by atoms with Crippen molar-refractivity contribution < 1.29 is 13.9 Å². The number of carbonyl (C=O) groups is 1. The summed E-state index contributed by atoms with van der Waals surface area (Å²) in [5, 5.41) is 0. The molecule has 3 rings (SSSR count). The molecule has 5 atom stereocenters. The third-order valence-electron chi connectivity index (χ3n) is 5.76. The predicted octanol–water partition coefficient (Wildman–Crippen LogP) is 4.31. The topological polar surface area (TPSA) is 26.3 Å². The molecule has 5 unspecified atom stereocenters. The summed E-state index contributed by atoms with van der Waals surface area (Å²) < 4.78 is 18.2. The summed E-state index contributed by atoms with van der Waals surface area (Å²) in [6.45, 7) is 5.21. The molecule has 0 saturated heterocycles. The maximum atomic E-state index is 12.8. The van der Waals surface area contributed by atoms with Gasteiger partial charge in [-0.25, -0.2) is 9.18 Å². The van der Waals surface area contributed by atoms with Crippen molar-refractivity contribution in [3.05, 3.63) is 41.7 Å². The Balaban J connectivity index is 1.48. The summed E-state index contributed by atoms with van der Waals surface area (Å²) in [7, 11) is 0. The molecular formula is C19H23FO2. The minimum Gasteiger partial charge on any atom is -0.462 e. The first-order valence-corrected chi connectivity index (χ1v) is 8.15. The minimum atomic E-state index is -0.312. The van der Waals surface area contributed by atoms with Gasteiger partial charge < -0.3 is 4.74 Å². The molecule has 0 heterocycles. The zero-order valence-corrected chi connectivity index (χ0v) is 13.2. The summed E-state index contributed by atoms with van der Waals surface area (Å²) >= 11 is 0. The van der Waals surface area contributed by atoms with Gasteiger partial charge in [0.05, 0.1) is 6.61 Å². The highest BCUT2D eigenvalue weighted by Gasteiger charge is 2.48. The van der Waals surface area contributed by atoms with E-state index in [0.29, 0.717) is 18.4 Å². The van der Waals surface area contributed by atoms with Gasteiger partial charge in [-0.2, -0.15) is 0 Å². The van der Waals surface area contributed by atoms with Gasteiger partial charge in [0.2, 0.25) is 0 Å². The number of esters is 1. The highest BCUT2D eigenvalue weighted by Crippen LogP contribution is 2.54. The number of fused-ring (bicyclic) bond motifs is 2. The van der Waals surface area contributed by atoms with E-state index < -0.39 is 0 Å². The van der Waals surface area contributed by atoms with Crippen molar-refractivity contribution >= 4 is 12.0 Å². The Morgan fingerprint density at radius 3 is 2.59 bits per heavy atom. The summed E-state index contributed by atoms with van der Waals surface area (Å²) in [5.41, 5.74) is 0.792. The molecule has 2 aliphatic rings. The molecule has 2 fully saturated rings. The molecule has 3 heteroatoms. The van der Waals surface area contributed by atoms with E-state index in [1.165, 1.54) is 31.1 Å². The monoisotopic (exact) mass is 302 g/mol. The second-order valence-corrected chi connectivity index (χ2v) is 6.89. The molecule has 22 heavy (non-hydrogen) atoms. The fourth-order valence-corrected chi connectivity index (χ4v) is 4.26. The Kier molecular flexibility index (Phi) is 4.32. The Labute approximate surface area is 131 Å². The maximum absolute atomic E-state index is 12.8. The number of hydrogen-bond donors (Lipinski definition) is 0. The number of carbonyl (C=O) groups excluding carboxylic acids is 1. The second kappa shape index (κ2) is 6.23. The van der Waals surface area contributed by atoms with E-state index in [-0.39, 0.29) is 11.8 Å². The fourth-order valence-electron chi connectivity index (χ4n) is 4.26. The number of benzene rings is 1. The molecule has 2 aliphatic carbocycles. The SMILES string of the molecule is CC1C2CC(COC(=O)/C=C/c3ccc(F)cc3)C(C2)C1C. The van der Waals surface area contributed by atoms with Crippen LogP contribution in [0, 0.1) is 35.4 Å². The van der Waals surface area contributed by atoms with Crippen LogP contribution >= 0.6 is 0 Å². The van der Waals surface area contributed by atoms with E-state index in [0.717, 1.165) is 23.3 Å². The van der Waals surface area contributed by atoms with Crippen LogP contribution in [-0.2, 0) is 9.53 Å². The van der Waals surface area contributed by atoms with Crippen molar-refractivity contribution in [2.24, 2.45) is 29.6 Å². The van der Waals surface area contributed by atoms with Crippen LogP contribution in [0.2, 0.25) is 0 Å². The van der Waals surface area contributed by atoms with Gasteiger partial charge in [0.1, 0.15) is 5.82 Å². The summed E-state index contributed by atoms with van der Waals surface area (Å²) in [6.07, 6.45) is 5.58. The first-order valence-electron chi connectivity index (χ1n) is 8.15. The summed E-state index contributed by atoms with van der Waals surface area (Å²) in [4.78, 5) is 11.8. The van der Waals surface area contributed by atoms with Gasteiger partial charge >= 0.3 is 5.97 Å². The smallest absolute Gasteiger partial charge is 0.330 e. The van der Waals surface area contributed by atoms with Crippen molar-refractivity contribution in [2.45, 2.75) is 26.7 Å². The highest BCUT2D eigenvalue weighted by molar-refractivity contribution is 5.87. The lowest BCUT2D eigenvalue weighted by molar-refractivity contribution is -0.139. The van der Waals surface area contributed by atoms with Crippen LogP contribution in [0.4, 0.5) is 4.39 Å². The number of halogens is 1. The third kappa shape index (κ3) is 3.08. The Morgan fingerprint density at radius 2 is 1.95 bits per heavy atom. The molecule has 2 nitrogen and oxygen atoms in total. The first kappa shape index (κ1) is 15.3. The quantitative estimate of drug-likeness (QED) is 0.612. The van der Waals surface area contributed by atoms with E-state index >= 15 is 0 Å². The lowest BCUT2D eigenvalue weighted by Gasteiger charge is -2.31. The van der Waals surface area contributed by atoms with Crippen molar-refractivity contribution in [3.8, 4) is 0 Å². The Hall–Kier alpha value is -1.64. The Morgan fingerprint density at radius 1 is 1.23 bits per heavy atom. The van der Waals surface area contributed by atoms with Gasteiger partial charge in [-0.15, -0.1) is 0 Å². The molecule has 0 radical (unpaired) electrons. The van der Waals surface area contributed by atoms with Crippen LogP contribution in [-0.4, -0.2) is 12.6 Å². The zero-order chi connectivity index (χ0) is 15.7. The van der Waals surface area contributed by atoms with E-state index in [1.807, 2.05) is 0 Å². The summed E-state index contributed by atoms with van der Waals surface area (Å²) in [5.74, 6) is 3.03. The standard InChI is InChI=1S/C19H23FO2/c1-12-13(2)18-10-15(12)9-16(18)11-22-19(21)8-5-14-3-6-17(20)7-4-14/h3-8,12-13,15-16,18H,9-11H2,1-2H3/b8-5+. The van der Waals surface area contributed by atoms with Gasteiger partial charge in [-0.05, 0) is 66.2 Å². The molecule has 0 spiro atoms. The molecule has 0 amide bonds. The average molecular weight is 302 g/mol. The van der Waals surface area contributed by atoms with Crippen LogP contribution in [0.1, 0.15) is 32.3 Å². The van der Waals surface area contributed by atoms with E-state index in [1.54, 1.807) is 18.2 Å². The van der Waals surface area contributed by atoms with E-state index in [9.17, 15) is 9.18 Å². The number of rotatable bonds is 4. The maximum Gasteiger partial charge on any atom is 0.330 e. The van der Waals surface area contributed by atoms with Crippen LogP contribution in [0.25, 0.3) is 6.08 Å². The lowest BCUT2D eigenvalue weighted by Crippen LogP contribution is -2.28. The number of ether oxygens (including phenoxy) is 1. The van der Waals surface area contributed by atoms with Gasteiger partial charge in [-0.1, -0.05) is 26.0 Å². The molecule has 1 aromatic rings. The van der Waals surface area contributed by atoms with E-state index in [2.05, 4.69) is 13.8 Å². The molecule has 0 aliphatic heterocycles. The molecule has 2 bridgehead atoms. The molecule has 0 N–H and O–H groups in total. The zero-order valence-electron chi connectivity index (χ0n) is 13.2. The predicted molar refractivity (Wildman–Crippen MR) is 84.4 cm³/mol. The summed E-state index contributed by atoms with van der Waals surface area (Å²) in [6, 6.07) is 6.03. The van der Waals surface area contributed by atoms with Gasteiger partial charge in [0.25, 0.3) is 0 Å². The van der Waals surface area contributed by atoms with Crippen molar-refractivity contribution in [2.75, 3.05) is 6.61 Å².